The number of nitrogens with one attached hydrogen (secondary N) is 1. The average Bonchev–Trinajstić information content (AvgIpc) is 3.02. The Labute approximate surface area is 141 Å². The second-order valence-corrected chi connectivity index (χ2v) is 5.77. The van der Waals surface area contributed by atoms with Crippen molar-refractivity contribution in [3.05, 3.63) is 54.1 Å². The fourth-order valence-corrected chi connectivity index (χ4v) is 2.78. The van der Waals surface area contributed by atoms with E-state index in [0.29, 0.717) is 12.8 Å². The molecule has 0 aliphatic carbocycles. The third-order valence-electron chi connectivity index (χ3n) is 4.06. The minimum atomic E-state index is -0.0786. The van der Waals surface area contributed by atoms with Crippen molar-refractivity contribution in [2.24, 2.45) is 0 Å². The maximum absolute atomic E-state index is 12.1. The summed E-state index contributed by atoms with van der Waals surface area (Å²) in [5.74, 6) is 0.838. The van der Waals surface area contributed by atoms with E-state index in [4.69, 9.17) is 4.74 Å². The first-order chi connectivity index (χ1) is 11.7. The number of nitrogens with zero attached hydrogens (tertiary/aromatic N) is 1. The molecule has 0 saturated carbocycles. The fourth-order valence-electron chi connectivity index (χ4n) is 2.78. The van der Waals surface area contributed by atoms with E-state index in [-0.39, 0.29) is 11.8 Å². The summed E-state index contributed by atoms with van der Waals surface area (Å²) in [6.45, 7) is 0.774. The van der Waals surface area contributed by atoms with Gasteiger partial charge in [0.1, 0.15) is 5.75 Å². The second kappa shape index (κ2) is 7.17. The van der Waals surface area contributed by atoms with Gasteiger partial charge in [0.05, 0.1) is 13.5 Å². The molecule has 2 amide bonds. The van der Waals surface area contributed by atoms with Crippen LogP contribution in [0, 0.1) is 0 Å². The standard InChI is InChI=1S/C19H20N2O3/c1-24-17-10-6-15(7-11-17)20-18(22)13-14-4-8-16(9-5-14)21-12-2-3-19(21)23/h4-11H,2-3,12-13H2,1H3,(H,20,22). The SMILES string of the molecule is COc1ccc(NC(=O)Cc2ccc(N3CCCC3=O)cc2)cc1. The Balaban J connectivity index is 1.58. The molecule has 0 unspecified atom stereocenters. The van der Waals surface area contributed by atoms with Crippen LogP contribution in [0.25, 0.3) is 0 Å². The second-order valence-electron chi connectivity index (χ2n) is 5.77. The lowest BCUT2D eigenvalue weighted by molar-refractivity contribution is -0.117. The van der Waals surface area contributed by atoms with Gasteiger partial charge in [-0.3, -0.25) is 9.59 Å². The highest BCUT2D eigenvalue weighted by molar-refractivity contribution is 5.95. The van der Waals surface area contributed by atoms with Gasteiger partial charge >= 0.3 is 0 Å². The van der Waals surface area contributed by atoms with Crippen LogP contribution in [0.1, 0.15) is 18.4 Å². The van der Waals surface area contributed by atoms with Gasteiger partial charge in [0.2, 0.25) is 11.8 Å². The summed E-state index contributed by atoms with van der Waals surface area (Å²) in [4.78, 5) is 25.7. The van der Waals surface area contributed by atoms with Gasteiger partial charge in [-0.05, 0) is 48.4 Å². The number of ether oxygens (including phenoxy) is 1. The maximum Gasteiger partial charge on any atom is 0.228 e. The van der Waals surface area contributed by atoms with Crippen LogP contribution in [-0.2, 0) is 16.0 Å². The Bertz CT molecular complexity index is 723. The van der Waals surface area contributed by atoms with Crippen molar-refractivity contribution >= 4 is 23.2 Å². The quantitative estimate of drug-likeness (QED) is 0.920. The average molecular weight is 324 g/mol. The van der Waals surface area contributed by atoms with Crippen molar-refractivity contribution in [2.75, 3.05) is 23.9 Å². The maximum atomic E-state index is 12.1. The first-order valence-corrected chi connectivity index (χ1v) is 7.99. The van der Waals surface area contributed by atoms with E-state index in [2.05, 4.69) is 5.32 Å². The predicted molar refractivity (Wildman–Crippen MR) is 93.4 cm³/mol. The van der Waals surface area contributed by atoms with Crippen molar-refractivity contribution in [2.45, 2.75) is 19.3 Å². The lowest BCUT2D eigenvalue weighted by atomic mass is 10.1. The van der Waals surface area contributed by atoms with Crippen LogP contribution in [-0.4, -0.2) is 25.5 Å². The van der Waals surface area contributed by atoms with Gasteiger partial charge in [0, 0.05) is 24.3 Å². The fraction of sp³-hybridized carbons (Fsp3) is 0.263. The highest BCUT2D eigenvalue weighted by Gasteiger charge is 2.21. The number of benzene rings is 2. The van der Waals surface area contributed by atoms with Crippen molar-refractivity contribution in [3.8, 4) is 5.75 Å². The van der Waals surface area contributed by atoms with Gasteiger partial charge in [-0.25, -0.2) is 0 Å². The van der Waals surface area contributed by atoms with Crippen LogP contribution in [0.2, 0.25) is 0 Å². The Kier molecular flexibility index (Phi) is 4.79. The number of hydrogen-bond acceptors (Lipinski definition) is 3. The predicted octanol–water partition coefficient (Wildman–Crippen LogP) is 3.00. The molecule has 124 valence electrons. The Morgan fingerprint density at radius 2 is 1.83 bits per heavy atom. The van der Waals surface area contributed by atoms with Gasteiger partial charge in [-0.1, -0.05) is 12.1 Å². The molecule has 0 atom stereocenters. The molecule has 1 heterocycles. The number of anilines is 2. The number of amides is 2. The first kappa shape index (κ1) is 16.1. The van der Waals surface area contributed by atoms with Gasteiger partial charge in [-0.15, -0.1) is 0 Å². The van der Waals surface area contributed by atoms with Gasteiger partial charge < -0.3 is 15.0 Å². The molecule has 1 N–H and O–H groups in total. The molecule has 0 radical (unpaired) electrons. The van der Waals surface area contributed by atoms with E-state index in [1.165, 1.54) is 0 Å². The molecule has 5 heteroatoms. The smallest absolute Gasteiger partial charge is 0.228 e. The number of methoxy groups -OCH3 is 1. The molecule has 0 spiro atoms. The minimum Gasteiger partial charge on any atom is -0.497 e. The summed E-state index contributed by atoms with van der Waals surface area (Å²) in [6, 6.07) is 14.8. The van der Waals surface area contributed by atoms with Crippen molar-refractivity contribution in [1.29, 1.82) is 0 Å². The van der Waals surface area contributed by atoms with Crippen molar-refractivity contribution in [3.63, 3.8) is 0 Å². The molecule has 0 bridgehead atoms. The van der Waals surface area contributed by atoms with Gasteiger partial charge in [0.25, 0.3) is 0 Å². The third-order valence-corrected chi connectivity index (χ3v) is 4.06. The monoisotopic (exact) mass is 324 g/mol. The lowest BCUT2D eigenvalue weighted by Gasteiger charge is -2.15. The molecule has 1 saturated heterocycles. The zero-order valence-electron chi connectivity index (χ0n) is 13.6. The number of carbonyl (C=O) groups is 2. The molecule has 1 fully saturated rings. The van der Waals surface area contributed by atoms with E-state index in [9.17, 15) is 9.59 Å². The van der Waals surface area contributed by atoms with Crippen molar-refractivity contribution in [1.82, 2.24) is 0 Å². The summed E-state index contributed by atoms with van der Waals surface area (Å²) in [5, 5.41) is 2.86. The highest BCUT2D eigenvalue weighted by atomic mass is 16.5. The summed E-state index contributed by atoms with van der Waals surface area (Å²) < 4.78 is 5.09. The van der Waals surface area contributed by atoms with E-state index >= 15 is 0 Å². The topological polar surface area (TPSA) is 58.6 Å². The van der Waals surface area contributed by atoms with Gasteiger partial charge in [0.15, 0.2) is 0 Å². The minimum absolute atomic E-state index is 0.0786. The Morgan fingerprint density at radius 3 is 2.42 bits per heavy atom. The summed E-state index contributed by atoms with van der Waals surface area (Å²) >= 11 is 0. The molecule has 5 nitrogen and oxygen atoms in total. The van der Waals surface area contributed by atoms with Crippen LogP contribution in [0.4, 0.5) is 11.4 Å². The number of rotatable bonds is 5. The first-order valence-electron chi connectivity index (χ1n) is 7.99. The molecule has 1 aliphatic heterocycles. The summed E-state index contributed by atoms with van der Waals surface area (Å²) in [5.41, 5.74) is 2.55. The molecular weight excluding hydrogens is 304 g/mol. The molecule has 0 aromatic heterocycles. The van der Waals surface area contributed by atoms with Crippen molar-refractivity contribution < 1.29 is 14.3 Å². The molecular formula is C19H20N2O3. The zero-order chi connectivity index (χ0) is 16.9. The largest absolute Gasteiger partial charge is 0.497 e. The molecule has 2 aromatic carbocycles. The van der Waals surface area contributed by atoms with Crippen LogP contribution in [0.3, 0.4) is 0 Å². The van der Waals surface area contributed by atoms with Crippen LogP contribution >= 0.6 is 0 Å². The zero-order valence-corrected chi connectivity index (χ0v) is 13.6. The van der Waals surface area contributed by atoms with Crippen LogP contribution < -0.4 is 15.0 Å². The number of hydrogen-bond donors (Lipinski definition) is 1. The van der Waals surface area contributed by atoms with E-state index in [0.717, 1.165) is 35.7 Å². The Hall–Kier alpha value is -2.82. The third kappa shape index (κ3) is 3.74. The van der Waals surface area contributed by atoms with Crippen LogP contribution in [0.15, 0.2) is 48.5 Å². The van der Waals surface area contributed by atoms with Crippen LogP contribution in [0.5, 0.6) is 5.75 Å². The molecule has 3 rings (SSSR count). The highest BCUT2D eigenvalue weighted by Crippen LogP contribution is 2.22. The van der Waals surface area contributed by atoms with Gasteiger partial charge in [-0.2, -0.15) is 0 Å². The van der Waals surface area contributed by atoms with E-state index in [1.54, 1.807) is 36.3 Å². The number of carbonyl (C=O) groups excluding carboxylic acids is 2. The molecule has 2 aromatic rings. The summed E-state index contributed by atoms with van der Waals surface area (Å²) in [6.07, 6.45) is 1.82. The lowest BCUT2D eigenvalue weighted by Crippen LogP contribution is -2.23. The molecule has 24 heavy (non-hydrogen) atoms. The Morgan fingerprint density at radius 1 is 1.12 bits per heavy atom. The summed E-state index contributed by atoms with van der Waals surface area (Å²) in [7, 11) is 1.60. The van der Waals surface area contributed by atoms with E-state index < -0.39 is 0 Å². The van der Waals surface area contributed by atoms with E-state index in [1.807, 2.05) is 24.3 Å². The molecule has 1 aliphatic rings. The normalized spacial score (nSPS) is 13.9.